The first-order valence-corrected chi connectivity index (χ1v) is 10.3. The molecule has 0 unspecified atom stereocenters. The molecular formula is C8H16Ge. The fourth-order valence-electron chi connectivity index (χ4n) is 2.75. The average Bonchev–Trinajstić information content (AvgIpc) is 2.45. The molecule has 1 heteroatoms. The minimum absolute atomic E-state index is 0.944. The summed E-state index contributed by atoms with van der Waals surface area (Å²) in [6.45, 7) is 0. The Balaban J connectivity index is 2.04. The van der Waals surface area contributed by atoms with E-state index in [2.05, 4.69) is 0 Å². The SMILES string of the molecule is C1C[CH2][Ge]2([CH2]1)[CH2]CC[CH2]2. The van der Waals surface area contributed by atoms with E-state index in [1.807, 2.05) is 0 Å². The minimum atomic E-state index is -0.944. The van der Waals surface area contributed by atoms with Crippen molar-refractivity contribution >= 4 is 13.3 Å². The Morgan fingerprint density at radius 1 is 0.556 bits per heavy atom. The Kier molecular flexibility index (Phi) is 1.60. The normalized spacial score (nSPS) is 32.0. The first-order chi connectivity index (χ1) is 4.41. The molecule has 1 spiro atoms. The van der Waals surface area contributed by atoms with Gasteiger partial charge in [0.1, 0.15) is 0 Å². The molecule has 0 radical (unpaired) electrons. The molecule has 2 saturated heterocycles. The van der Waals surface area contributed by atoms with E-state index < -0.39 is 13.3 Å². The summed E-state index contributed by atoms with van der Waals surface area (Å²) >= 11 is -0.944. The molecule has 0 bridgehead atoms. The third-order valence-electron chi connectivity index (χ3n) is 3.33. The van der Waals surface area contributed by atoms with Crippen molar-refractivity contribution in [3.8, 4) is 0 Å². The zero-order valence-corrected chi connectivity index (χ0v) is 8.25. The maximum absolute atomic E-state index is 1.75. The molecule has 0 aromatic carbocycles. The van der Waals surface area contributed by atoms with Crippen LogP contribution in [0.15, 0.2) is 0 Å². The Hall–Kier alpha value is 0.543. The maximum atomic E-state index is 1.75. The molecule has 52 valence electrons. The Morgan fingerprint density at radius 3 is 1.22 bits per heavy atom. The molecule has 2 heterocycles. The second-order valence-corrected chi connectivity index (χ2v) is 14.4. The molecule has 2 rings (SSSR count). The number of hydrogen-bond donors (Lipinski definition) is 0. The topological polar surface area (TPSA) is 0 Å². The van der Waals surface area contributed by atoms with E-state index in [-0.39, 0.29) is 0 Å². The van der Waals surface area contributed by atoms with Crippen molar-refractivity contribution in [2.45, 2.75) is 46.7 Å². The number of hydrogen-bond acceptors (Lipinski definition) is 0. The zero-order chi connectivity index (χ0) is 6.16. The van der Waals surface area contributed by atoms with Gasteiger partial charge in [-0.05, 0) is 0 Å². The number of rotatable bonds is 0. The summed E-state index contributed by atoms with van der Waals surface area (Å²) in [5.74, 6) is 0. The predicted molar refractivity (Wildman–Crippen MR) is 43.5 cm³/mol. The van der Waals surface area contributed by atoms with Crippen LogP contribution in [0.4, 0.5) is 0 Å². The molecule has 0 aromatic heterocycles. The van der Waals surface area contributed by atoms with Crippen molar-refractivity contribution in [3.63, 3.8) is 0 Å². The zero-order valence-electron chi connectivity index (χ0n) is 6.16. The molecule has 9 heavy (non-hydrogen) atoms. The Bertz CT molecular complexity index is 79.6. The third-order valence-corrected chi connectivity index (χ3v) is 15.2. The van der Waals surface area contributed by atoms with Crippen LogP contribution < -0.4 is 0 Å². The summed E-state index contributed by atoms with van der Waals surface area (Å²) in [5.41, 5.74) is 0. The van der Waals surface area contributed by atoms with Crippen molar-refractivity contribution in [1.29, 1.82) is 0 Å². The molecular weight excluding hydrogens is 169 g/mol. The fourth-order valence-corrected chi connectivity index (χ4v) is 14.3. The van der Waals surface area contributed by atoms with Crippen molar-refractivity contribution in [2.75, 3.05) is 0 Å². The van der Waals surface area contributed by atoms with Gasteiger partial charge in [0.25, 0.3) is 0 Å². The molecule has 0 atom stereocenters. The molecule has 0 nitrogen and oxygen atoms in total. The molecule has 0 aliphatic carbocycles. The van der Waals surface area contributed by atoms with Crippen LogP contribution in [0.25, 0.3) is 0 Å². The monoisotopic (exact) mass is 186 g/mol. The van der Waals surface area contributed by atoms with Crippen molar-refractivity contribution in [1.82, 2.24) is 0 Å². The van der Waals surface area contributed by atoms with Crippen LogP contribution in [0.1, 0.15) is 25.7 Å². The van der Waals surface area contributed by atoms with Crippen LogP contribution in [-0.2, 0) is 0 Å². The van der Waals surface area contributed by atoms with Gasteiger partial charge in [-0.2, -0.15) is 0 Å². The predicted octanol–water partition coefficient (Wildman–Crippen LogP) is 3.02. The van der Waals surface area contributed by atoms with Crippen LogP contribution in [0.2, 0.25) is 21.0 Å². The van der Waals surface area contributed by atoms with Gasteiger partial charge >= 0.3 is 60.0 Å². The van der Waals surface area contributed by atoms with Gasteiger partial charge in [0.05, 0.1) is 0 Å². The summed E-state index contributed by atoms with van der Waals surface area (Å²) in [6, 6.07) is 0. The summed E-state index contributed by atoms with van der Waals surface area (Å²) < 4.78 is 0. The van der Waals surface area contributed by atoms with E-state index in [4.69, 9.17) is 0 Å². The molecule has 2 aliphatic heterocycles. The van der Waals surface area contributed by atoms with E-state index >= 15 is 0 Å². The molecule has 2 aliphatic rings. The van der Waals surface area contributed by atoms with Crippen LogP contribution in [0, 0.1) is 0 Å². The summed E-state index contributed by atoms with van der Waals surface area (Å²) in [5, 5.41) is 7.00. The van der Waals surface area contributed by atoms with E-state index in [1.54, 1.807) is 46.7 Å². The van der Waals surface area contributed by atoms with Gasteiger partial charge in [-0.3, -0.25) is 0 Å². The van der Waals surface area contributed by atoms with E-state index in [9.17, 15) is 0 Å². The van der Waals surface area contributed by atoms with Gasteiger partial charge in [0.15, 0.2) is 0 Å². The van der Waals surface area contributed by atoms with Crippen LogP contribution in [-0.4, -0.2) is 13.3 Å². The summed E-state index contributed by atoms with van der Waals surface area (Å²) in [4.78, 5) is 0. The van der Waals surface area contributed by atoms with Gasteiger partial charge in [-0.25, -0.2) is 0 Å². The fraction of sp³-hybridized carbons (Fsp3) is 1.00. The van der Waals surface area contributed by atoms with E-state index in [0.717, 1.165) is 0 Å². The quantitative estimate of drug-likeness (QED) is 0.508. The Morgan fingerprint density at radius 2 is 0.889 bits per heavy atom. The van der Waals surface area contributed by atoms with Crippen molar-refractivity contribution in [2.24, 2.45) is 0 Å². The van der Waals surface area contributed by atoms with Gasteiger partial charge in [0.2, 0.25) is 0 Å². The first kappa shape index (κ1) is 6.27. The molecule has 0 aromatic rings. The summed E-state index contributed by atoms with van der Waals surface area (Å²) in [7, 11) is 0. The van der Waals surface area contributed by atoms with Gasteiger partial charge in [-0.15, -0.1) is 0 Å². The second kappa shape index (κ2) is 2.30. The van der Waals surface area contributed by atoms with E-state index in [1.165, 1.54) is 0 Å². The van der Waals surface area contributed by atoms with Crippen molar-refractivity contribution < 1.29 is 0 Å². The molecule has 2 fully saturated rings. The third kappa shape index (κ3) is 1.06. The first-order valence-electron chi connectivity index (χ1n) is 4.41. The van der Waals surface area contributed by atoms with E-state index in [0.29, 0.717) is 0 Å². The van der Waals surface area contributed by atoms with Gasteiger partial charge < -0.3 is 0 Å². The molecule has 0 N–H and O–H groups in total. The molecule has 0 amide bonds. The van der Waals surface area contributed by atoms with Gasteiger partial charge in [-0.1, -0.05) is 0 Å². The van der Waals surface area contributed by atoms with Crippen LogP contribution in [0.3, 0.4) is 0 Å². The molecule has 0 saturated carbocycles. The van der Waals surface area contributed by atoms with Crippen molar-refractivity contribution in [3.05, 3.63) is 0 Å². The standard InChI is InChI=1S/C8H16Ge/c1-2-6-9(5-1)7-3-4-8-9/h1-8H2. The van der Waals surface area contributed by atoms with Crippen LogP contribution in [0.5, 0.6) is 0 Å². The Labute approximate surface area is 60.4 Å². The van der Waals surface area contributed by atoms with Gasteiger partial charge in [0, 0.05) is 0 Å². The van der Waals surface area contributed by atoms with Crippen LogP contribution >= 0.6 is 0 Å². The average molecular weight is 185 g/mol. The summed E-state index contributed by atoms with van der Waals surface area (Å²) in [6.07, 6.45) is 6.44. The second-order valence-electron chi connectivity index (χ2n) is 3.91.